The standard InChI is InChI=1S/C29H46N2O3/c1-26(2,3)30-25(34)31(27(4,5)6)24(33)23-12-11-21-20-10-9-18-17-19(32)13-15-28(18,7)22(20)14-16-29(21,23)8/h17,20-23H,9-16H2,1-8H3,(H,30,34)/t20-,21-,22-,23+,28-,29-/m0/s1. The van der Waals surface area contributed by atoms with Gasteiger partial charge in [0.15, 0.2) is 5.78 Å². The Hall–Kier alpha value is -1.65. The molecule has 0 unspecified atom stereocenters. The van der Waals surface area contributed by atoms with Crippen LogP contribution in [0.4, 0.5) is 4.79 Å². The fraction of sp³-hybridized carbons (Fsp3) is 0.828. The highest BCUT2D eigenvalue weighted by Crippen LogP contribution is 2.66. The van der Waals surface area contributed by atoms with Crippen molar-refractivity contribution >= 4 is 17.7 Å². The van der Waals surface area contributed by atoms with Crippen LogP contribution in [0.2, 0.25) is 0 Å². The molecule has 3 fully saturated rings. The first kappa shape index (κ1) is 25.4. The zero-order chi connectivity index (χ0) is 25.3. The van der Waals surface area contributed by atoms with Crippen molar-refractivity contribution in [3.8, 4) is 0 Å². The Balaban J connectivity index is 1.60. The molecule has 4 aliphatic rings. The number of allylic oxidation sites excluding steroid dienone is 1. The summed E-state index contributed by atoms with van der Waals surface area (Å²) in [7, 11) is 0. The Morgan fingerprint density at radius 1 is 0.941 bits per heavy atom. The Morgan fingerprint density at radius 3 is 2.24 bits per heavy atom. The summed E-state index contributed by atoms with van der Waals surface area (Å²) in [5, 5.41) is 3.03. The number of urea groups is 1. The molecular weight excluding hydrogens is 424 g/mol. The molecule has 4 aliphatic carbocycles. The molecule has 1 N–H and O–H groups in total. The number of fused-ring (bicyclic) bond motifs is 5. The van der Waals surface area contributed by atoms with Crippen LogP contribution in [0.15, 0.2) is 11.6 Å². The first-order chi connectivity index (χ1) is 15.6. The van der Waals surface area contributed by atoms with Crippen LogP contribution in [-0.2, 0) is 9.59 Å². The minimum absolute atomic E-state index is 0.00330. The van der Waals surface area contributed by atoms with E-state index in [4.69, 9.17) is 0 Å². The van der Waals surface area contributed by atoms with Crippen LogP contribution in [-0.4, -0.2) is 33.7 Å². The maximum absolute atomic E-state index is 14.1. The van der Waals surface area contributed by atoms with Gasteiger partial charge in [-0.15, -0.1) is 0 Å². The van der Waals surface area contributed by atoms with Crippen LogP contribution in [0.25, 0.3) is 0 Å². The monoisotopic (exact) mass is 470 g/mol. The Labute approximate surface area is 206 Å². The lowest BCUT2D eigenvalue weighted by Gasteiger charge is -2.58. The second-order valence-corrected chi connectivity index (χ2v) is 14.2. The van der Waals surface area contributed by atoms with Crippen LogP contribution in [0.5, 0.6) is 0 Å². The molecule has 34 heavy (non-hydrogen) atoms. The molecule has 0 bridgehead atoms. The van der Waals surface area contributed by atoms with Gasteiger partial charge in [0, 0.05) is 23.4 Å². The van der Waals surface area contributed by atoms with Crippen LogP contribution in [0, 0.1) is 34.5 Å². The van der Waals surface area contributed by atoms with Gasteiger partial charge in [-0.2, -0.15) is 0 Å². The van der Waals surface area contributed by atoms with E-state index >= 15 is 0 Å². The zero-order valence-corrected chi connectivity index (χ0v) is 22.7. The lowest BCUT2D eigenvalue weighted by Crippen LogP contribution is -2.60. The molecule has 6 atom stereocenters. The van der Waals surface area contributed by atoms with Gasteiger partial charge in [0.2, 0.25) is 5.91 Å². The van der Waals surface area contributed by atoms with Gasteiger partial charge < -0.3 is 5.32 Å². The van der Waals surface area contributed by atoms with E-state index in [-0.39, 0.29) is 28.7 Å². The van der Waals surface area contributed by atoms with Gasteiger partial charge >= 0.3 is 6.03 Å². The smallest absolute Gasteiger partial charge is 0.324 e. The summed E-state index contributed by atoms with van der Waals surface area (Å²) in [6, 6.07) is -0.280. The second-order valence-electron chi connectivity index (χ2n) is 14.2. The number of nitrogens with one attached hydrogen (secondary N) is 1. The number of amides is 3. The Bertz CT molecular complexity index is 907. The van der Waals surface area contributed by atoms with Gasteiger partial charge in [-0.1, -0.05) is 19.4 Å². The van der Waals surface area contributed by atoms with E-state index in [1.165, 1.54) is 10.5 Å². The van der Waals surface area contributed by atoms with Crippen molar-refractivity contribution in [2.75, 3.05) is 0 Å². The average molecular weight is 471 g/mol. The molecule has 0 saturated heterocycles. The van der Waals surface area contributed by atoms with Crippen molar-refractivity contribution in [2.45, 2.75) is 118 Å². The summed E-state index contributed by atoms with van der Waals surface area (Å²) in [6.07, 6.45) is 9.87. The molecule has 0 aliphatic heterocycles. The molecule has 5 heteroatoms. The van der Waals surface area contributed by atoms with Crippen LogP contribution < -0.4 is 5.32 Å². The predicted molar refractivity (Wildman–Crippen MR) is 135 cm³/mol. The molecule has 3 amide bonds. The van der Waals surface area contributed by atoms with Gasteiger partial charge in [-0.3, -0.25) is 14.5 Å². The molecule has 0 radical (unpaired) electrons. The number of rotatable bonds is 1. The van der Waals surface area contributed by atoms with Crippen LogP contribution in [0.3, 0.4) is 0 Å². The lowest BCUT2D eigenvalue weighted by atomic mass is 9.47. The van der Waals surface area contributed by atoms with Gasteiger partial charge in [0.05, 0.1) is 0 Å². The quantitative estimate of drug-likeness (QED) is 0.491. The first-order valence-electron chi connectivity index (χ1n) is 13.5. The summed E-state index contributed by atoms with van der Waals surface area (Å²) in [6.45, 7) is 16.5. The normalized spacial score (nSPS) is 37.8. The van der Waals surface area contributed by atoms with Gasteiger partial charge in [0.1, 0.15) is 0 Å². The third kappa shape index (κ3) is 4.15. The molecular formula is C29H46N2O3. The molecule has 4 rings (SSSR count). The minimum Gasteiger partial charge on any atom is -0.333 e. The average Bonchev–Trinajstić information content (AvgIpc) is 3.03. The van der Waals surface area contributed by atoms with Crippen molar-refractivity contribution in [1.82, 2.24) is 10.2 Å². The summed E-state index contributed by atoms with van der Waals surface area (Å²) in [5.74, 6) is 1.93. The van der Waals surface area contributed by atoms with Crippen molar-refractivity contribution in [3.63, 3.8) is 0 Å². The minimum atomic E-state index is -0.579. The van der Waals surface area contributed by atoms with Crippen molar-refractivity contribution < 1.29 is 14.4 Å². The molecule has 0 heterocycles. The van der Waals surface area contributed by atoms with Gasteiger partial charge in [-0.25, -0.2) is 4.79 Å². The molecule has 0 spiro atoms. The second kappa shape index (κ2) is 8.20. The SMILES string of the molecule is CC(C)(C)NC(=O)N(C(=O)[C@H]1CC[C@H]2[C@@H]3CCC4=CC(=O)CC[C@]4(C)[C@H]3CC[C@]12C)C(C)(C)C. The highest BCUT2D eigenvalue weighted by Gasteiger charge is 2.61. The summed E-state index contributed by atoms with van der Waals surface area (Å²) in [5.41, 5.74) is 0.489. The van der Waals surface area contributed by atoms with E-state index in [1.807, 2.05) is 47.6 Å². The summed E-state index contributed by atoms with van der Waals surface area (Å²) < 4.78 is 0. The number of hydrogen-bond acceptors (Lipinski definition) is 3. The largest absolute Gasteiger partial charge is 0.333 e. The fourth-order valence-electron chi connectivity index (χ4n) is 8.23. The fourth-order valence-corrected chi connectivity index (χ4v) is 8.23. The third-order valence-electron chi connectivity index (χ3n) is 9.84. The molecule has 5 nitrogen and oxygen atoms in total. The molecule has 0 aromatic rings. The van der Waals surface area contributed by atoms with Gasteiger partial charge in [-0.05, 0) is 121 Å². The zero-order valence-electron chi connectivity index (χ0n) is 22.7. The summed E-state index contributed by atoms with van der Waals surface area (Å²) >= 11 is 0. The van der Waals surface area contributed by atoms with E-state index < -0.39 is 11.1 Å². The lowest BCUT2D eigenvalue weighted by molar-refractivity contribution is -0.143. The topological polar surface area (TPSA) is 66.5 Å². The number of carbonyl (C=O) groups excluding carboxylic acids is 3. The highest BCUT2D eigenvalue weighted by atomic mass is 16.2. The van der Waals surface area contributed by atoms with E-state index in [2.05, 4.69) is 19.2 Å². The van der Waals surface area contributed by atoms with Crippen molar-refractivity contribution in [1.29, 1.82) is 0 Å². The van der Waals surface area contributed by atoms with Crippen LogP contribution in [0.1, 0.15) is 107 Å². The van der Waals surface area contributed by atoms with Crippen molar-refractivity contribution in [2.24, 2.45) is 34.5 Å². The Morgan fingerprint density at radius 2 is 1.62 bits per heavy atom. The maximum Gasteiger partial charge on any atom is 0.324 e. The third-order valence-corrected chi connectivity index (χ3v) is 9.84. The molecule has 190 valence electrons. The van der Waals surface area contributed by atoms with E-state index in [1.54, 1.807) is 0 Å². The summed E-state index contributed by atoms with van der Waals surface area (Å²) in [4.78, 5) is 41.0. The van der Waals surface area contributed by atoms with Crippen molar-refractivity contribution in [3.05, 3.63) is 11.6 Å². The number of imide groups is 1. The first-order valence-corrected chi connectivity index (χ1v) is 13.5. The number of nitrogens with zero attached hydrogens (tertiary/aromatic N) is 1. The van der Waals surface area contributed by atoms with Crippen LogP contribution >= 0.6 is 0 Å². The number of ketones is 1. The molecule has 0 aromatic carbocycles. The van der Waals surface area contributed by atoms with Gasteiger partial charge in [0.25, 0.3) is 0 Å². The number of hydrogen-bond donors (Lipinski definition) is 1. The maximum atomic E-state index is 14.1. The molecule has 0 aromatic heterocycles. The van der Waals surface area contributed by atoms with E-state index in [0.717, 1.165) is 44.9 Å². The predicted octanol–water partition coefficient (Wildman–Crippen LogP) is 6.27. The Kier molecular flexibility index (Phi) is 6.13. The highest BCUT2D eigenvalue weighted by molar-refractivity contribution is 5.97. The van der Waals surface area contributed by atoms with E-state index in [0.29, 0.717) is 30.0 Å². The van der Waals surface area contributed by atoms with E-state index in [9.17, 15) is 14.4 Å². The number of carbonyl (C=O) groups is 3. The molecule has 3 saturated carbocycles.